The van der Waals surface area contributed by atoms with E-state index >= 15 is 0 Å². The van der Waals surface area contributed by atoms with Gasteiger partial charge >= 0.3 is 0 Å². The molecule has 0 bridgehead atoms. The second-order valence-corrected chi connectivity index (χ2v) is 6.64. The third-order valence-electron chi connectivity index (χ3n) is 4.75. The predicted octanol–water partition coefficient (Wildman–Crippen LogP) is 3.21. The Labute approximate surface area is 162 Å². The van der Waals surface area contributed by atoms with Gasteiger partial charge in [-0.25, -0.2) is 4.98 Å². The lowest BCUT2D eigenvalue weighted by Crippen LogP contribution is -2.46. The number of aromatic nitrogens is 1. The number of nitrogens with two attached hydrogens (primary N) is 1. The SMILES string of the molecule is NC(=O)[C@H](Cc1ccccc1)NC(=O)c1c2ccccc2nc2ccccc12. The largest absolute Gasteiger partial charge is 0.368 e. The molecule has 3 N–H and O–H groups in total. The van der Waals surface area contributed by atoms with Crippen molar-refractivity contribution >= 4 is 33.6 Å². The first-order chi connectivity index (χ1) is 13.6. The van der Waals surface area contributed by atoms with Crippen molar-refractivity contribution < 1.29 is 9.59 Å². The lowest BCUT2D eigenvalue weighted by molar-refractivity contribution is -0.119. The van der Waals surface area contributed by atoms with Crippen molar-refractivity contribution in [3.8, 4) is 0 Å². The van der Waals surface area contributed by atoms with Crippen LogP contribution in [0.1, 0.15) is 15.9 Å². The maximum atomic E-state index is 13.2. The van der Waals surface area contributed by atoms with Gasteiger partial charge in [-0.15, -0.1) is 0 Å². The van der Waals surface area contributed by atoms with Crippen molar-refractivity contribution in [1.29, 1.82) is 0 Å². The second-order valence-electron chi connectivity index (χ2n) is 6.64. The summed E-state index contributed by atoms with van der Waals surface area (Å²) in [4.78, 5) is 29.9. The number of carbonyl (C=O) groups excluding carboxylic acids is 2. The molecule has 0 radical (unpaired) electrons. The number of nitrogens with zero attached hydrogens (tertiary/aromatic N) is 1. The van der Waals surface area contributed by atoms with Crippen LogP contribution in [0, 0.1) is 0 Å². The molecular formula is C23H19N3O2. The molecule has 5 heteroatoms. The average Bonchev–Trinajstić information content (AvgIpc) is 2.72. The summed E-state index contributed by atoms with van der Waals surface area (Å²) in [6.07, 6.45) is 0.336. The fourth-order valence-corrected chi connectivity index (χ4v) is 3.39. The van der Waals surface area contributed by atoms with E-state index in [-0.39, 0.29) is 5.91 Å². The van der Waals surface area contributed by atoms with Crippen LogP contribution in [-0.2, 0) is 11.2 Å². The summed E-state index contributed by atoms with van der Waals surface area (Å²) in [5.41, 5.74) is 8.45. The Hall–Kier alpha value is -3.73. The average molecular weight is 369 g/mol. The zero-order valence-corrected chi connectivity index (χ0v) is 15.1. The maximum Gasteiger partial charge on any atom is 0.253 e. The summed E-state index contributed by atoms with van der Waals surface area (Å²) >= 11 is 0. The molecule has 4 aromatic rings. The van der Waals surface area contributed by atoms with Crippen LogP contribution in [0.4, 0.5) is 0 Å². The molecule has 2 amide bonds. The Morgan fingerprint density at radius 1 is 0.821 bits per heavy atom. The molecule has 1 atom stereocenters. The van der Waals surface area contributed by atoms with E-state index in [0.717, 1.165) is 27.4 Å². The van der Waals surface area contributed by atoms with Gasteiger partial charge in [0.25, 0.3) is 5.91 Å². The molecule has 0 aliphatic carbocycles. The van der Waals surface area contributed by atoms with Crippen LogP contribution in [0.3, 0.4) is 0 Å². The number of para-hydroxylation sites is 2. The minimum Gasteiger partial charge on any atom is -0.368 e. The number of pyridine rings is 1. The van der Waals surface area contributed by atoms with Crippen LogP contribution >= 0.6 is 0 Å². The Balaban J connectivity index is 1.75. The number of hydrogen-bond acceptors (Lipinski definition) is 3. The Morgan fingerprint density at radius 3 is 1.93 bits per heavy atom. The quantitative estimate of drug-likeness (QED) is 0.530. The highest BCUT2D eigenvalue weighted by Gasteiger charge is 2.22. The van der Waals surface area contributed by atoms with Crippen molar-refractivity contribution in [2.24, 2.45) is 5.73 Å². The number of fused-ring (bicyclic) bond motifs is 2. The Bertz CT molecular complexity index is 1120. The molecule has 1 aromatic heterocycles. The third kappa shape index (κ3) is 3.42. The number of hydrogen-bond donors (Lipinski definition) is 2. The molecule has 0 aliphatic rings. The van der Waals surface area contributed by atoms with Crippen molar-refractivity contribution in [3.05, 3.63) is 90.0 Å². The summed E-state index contributed by atoms with van der Waals surface area (Å²) in [5.74, 6) is -0.908. The molecule has 3 aromatic carbocycles. The van der Waals surface area contributed by atoms with Crippen LogP contribution in [0.25, 0.3) is 21.8 Å². The molecule has 0 unspecified atom stereocenters. The fourth-order valence-electron chi connectivity index (χ4n) is 3.39. The number of primary amides is 1. The standard InChI is InChI=1S/C23H19N3O2/c24-22(27)20(14-15-8-2-1-3-9-15)26-23(28)21-16-10-4-6-12-18(16)25-19-13-7-5-11-17(19)21/h1-13,20H,14H2,(H2,24,27)(H,26,28)/t20-/m0/s1. The Kier molecular flexibility index (Phi) is 4.72. The first-order valence-electron chi connectivity index (χ1n) is 9.05. The summed E-state index contributed by atoms with van der Waals surface area (Å²) in [6, 6.07) is 23.6. The smallest absolute Gasteiger partial charge is 0.253 e. The minimum absolute atomic E-state index is 0.336. The summed E-state index contributed by atoms with van der Waals surface area (Å²) < 4.78 is 0. The van der Waals surface area contributed by atoms with Gasteiger partial charge in [0, 0.05) is 17.2 Å². The first kappa shape index (κ1) is 17.7. The van der Waals surface area contributed by atoms with Crippen molar-refractivity contribution in [2.75, 3.05) is 0 Å². The molecule has 5 nitrogen and oxygen atoms in total. The lowest BCUT2D eigenvalue weighted by Gasteiger charge is -2.17. The van der Waals surface area contributed by atoms with Crippen LogP contribution in [0.5, 0.6) is 0 Å². The molecule has 0 saturated heterocycles. The van der Waals surface area contributed by atoms with Gasteiger partial charge in [-0.05, 0) is 17.7 Å². The van der Waals surface area contributed by atoms with Crippen LogP contribution in [-0.4, -0.2) is 22.8 Å². The zero-order valence-electron chi connectivity index (χ0n) is 15.1. The van der Waals surface area contributed by atoms with E-state index in [1.165, 1.54) is 0 Å². The van der Waals surface area contributed by atoms with Crippen molar-refractivity contribution in [2.45, 2.75) is 12.5 Å². The number of carbonyl (C=O) groups is 2. The summed E-state index contributed by atoms with van der Waals surface area (Å²) in [6.45, 7) is 0. The lowest BCUT2D eigenvalue weighted by atomic mass is 10.0. The van der Waals surface area contributed by atoms with Gasteiger partial charge < -0.3 is 11.1 Å². The van der Waals surface area contributed by atoms with E-state index in [2.05, 4.69) is 10.3 Å². The van der Waals surface area contributed by atoms with E-state index in [1.54, 1.807) is 0 Å². The van der Waals surface area contributed by atoms with Gasteiger partial charge in [0.2, 0.25) is 5.91 Å². The predicted molar refractivity (Wildman–Crippen MR) is 110 cm³/mol. The van der Waals surface area contributed by atoms with E-state index in [4.69, 9.17) is 5.73 Å². The minimum atomic E-state index is -0.805. The molecule has 0 aliphatic heterocycles. The topological polar surface area (TPSA) is 85.1 Å². The van der Waals surface area contributed by atoms with E-state index in [1.807, 2.05) is 78.9 Å². The molecule has 28 heavy (non-hydrogen) atoms. The molecule has 4 rings (SSSR count). The van der Waals surface area contributed by atoms with Crippen molar-refractivity contribution in [3.63, 3.8) is 0 Å². The molecule has 1 heterocycles. The van der Waals surface area contributed by atoms with Crippen molar-refractivity contribution in [1.82, 2.24) is 10.3 Å². The van der Waals surface area contributed by atoms with Gasteiger partial charge in [0.15, 0.2) is 0 Å². The monoisotopic (exact) mass is 369 g/mol. The first-order valence-corrected chi connectivity index (χ1v) is 9.05. The number of benzene rings is 3. The van der Waals surface area contributed by atoms with Crippen LogP contribution in [0.2, 0.25) is 0 Å². The number of rotatable bonds is 5. The van der Waals surface area contributed by atoms with Gasteiger partial charge in [0.05, 0.1) is 16.6 Å². The molecule has 138 valence electrons. The van der Waals surface area contributed by atoms with Gasteiger partial charge in [-0.1, -0.05) is 66.7 Å². The highest BCUT2D eigenvalue weighted by Crippen LogP contribution is 2.26. The maximum absolute atomic E-state index is 13.2. The zero-order chi connectivity index (χ0) is 19.5. The third-order valence-corrected chi connectivity index (χ3v) is 4.75. The molecule has 0 saturated carbocycles. The highest BCUT2D eigenvalue weighted by atomic mass is 16.2. The van der Waals surface area contributed by atoms with E-state index in [0.29, 0.717) is 12.0 Å². The molecule has 0 fully saturated rings. The van der Waals surface area contributed by atoms with Gasteiger partial charge in [0.1, 0.15) is 6.04 Å². The molecular weight excluding hydrogens is 350 g/mol. The molecule has 0 spiro atoms. The van der Waals surface area contributed by atoms with E-state index in [9.17, 15) is 9.59 Å². The second kappa shape index (κ2) is 7.48. The fraction of sp³-hybridized carbons (Fsp3) is 0.0870. The highest BCUT2D eigenvalue weighted by molar-refractivity contribution is 6.16. The summed E-state index contributed by atoms with van der Waals surface area (Å²) in [5, 5.41) is 4.30. The summed E-state index contributed by atoms with van der Waals surface area (Å²) in [7, 11) is 0. The Morgan fingerprint density at radius 2 is 1.36 bits per heavy atom. The van der Waals surface area contributed by atoms with Gasteiger partial charge in [-0.2, -0.15) is 0 Å². The van der Waals surface area contributed by atoms with Crippen LogP contribution in [0.15, 0.2) is 78.9 Å². The number of nitrogens with one attached hydrogen (secondary N) is 1. The van der Waals surface area contributed by atoms with Crippen LogP contribution < -0.4 is 11.1 Å². The normalized spacial score (nSPS) is 12.0. The van der Waals surface area contributed by atoms with Gasteiger partial charge in [-0.3, -0.25) is 9.59 Å². The number of amides is 2. The van der Waals surface area contributed by atoms with E-state index < -0.39 is 11.9 Å².